The van der Waals surface area contributed by atoms with Crippen LogP contribution in [-0.4, -0.2) is 25.9 Å². The summed E-state index contributed by atoms with van der Waals surface area (Å²) in [5, 5.41) is 7.02. The normalized spacial score (nSPS) is 13.2. The van der Waals surface area contributed by atoms with Crippen LogP contribution in [0.25, 0.3) is 11.4 Å². The van der Waals surface area contributed by atoms with Crippen molar-refractivity contribution < 1.29 is 22.6 Å². The minimum atomic E-state index is -4.58. The molecule has 0 fully saturated rings. The highest BCUT2D eigenvalue weighted by molar-refractivity contribution is 7.09. The van der Waals surface area contributed by atoms with E-state index in [2.05, 4.69) is 19.8 Å². The second kappa shape index (κ2) is 6.72. The predicted octanol–water partition coefficient (Wildman–Crippen LogP) is 4.30. The highest BCUT2D eigenvalue weighted by Gasteiger charge is 2.38. The highest BCUT2D eigenvalue weighted by Crippen LogP contribution is 2.37. The molecular formula is C16H14F3N5O2S. The van der Waals surface area contributed by atoms with Crippen molar-refractivity contribution in [1.29, 1.82) is 0 Å². The van der Waals surface area contributed by atoms with E-state index in [4.69, 9.17) is 9.47 Å². The monoisotopic (exact) mass is 397 g/mol. The third-order valence-corrected chi connectivity index (χ3v) is 4.40. The van der Waals surface area contributed by atoms with Gasteiger partial charge >= 0.3 is 6.18 Å². The number of hydrogen-bond acceptors (Lipinski definition) is 7. The van der Waals surface area contributed by atoms with Gasteiger partial charge in [-0.15, -0.1) is 0 Å². The van der Waals surface area contributed by atoms with Gasteiger partial charge in [0.25, 0.3) is 0 Å². The lowest BCUT2D eigenvalue weighted by Gasteiger charge is -2.04. The van der Waals surface area contributed by atoms with E-state index in [1.807, 2.05) is 6.92 Å². The molecule has 142 valence electrons. The Hall–Kier alpha value is -2.82. The molecule has 0 saturated heterocycles. The lowest BCUT2D eigenvalue weighted by Crippen LogP contribution is -2.09. The Morgan fingerprint density at radius 2 is 2.07 bits per heavy atom. The number of aromatic nitrogens is 4. The summed E-state index contributed by atoms with van der Waals surface area (Å²) < 4.78 is 55.8. The zero-order chi connectivity index (χ0) is 19.0. The summed E-state index contributed by atoms with van der Waals surface area (Å²) in [6, 6.07) is 5.22. The second-order valence-electron chi connectivity index (χ2n) is 5.77. The maximum Gasteiger partial charge on any atom is 0.435 e. The Balaban J connectivity index is 1.61. The molecule has 2 aromatic heterocycles. The highest BCUT2D eigenvalue weighted by atomic mass is 32.1. The van der Waals surface area contributed by atoms with Crippen molar-refractivity contribution in [1.82, 2.24) is 19.1 Å². The number of nitrogens with one attached hydrogen (secondary N) is 1. The molecule has 0 unspecified atom stereocenters. The van der Waals surface area contributed by atoms with E-state index >= 15 is 0 Å². The molecule has 1 N–H and O–H groups in total. The van der Waals surface area contributed by atoms with Crippen LogP contribution >= 0.6 is 11.5 Å². The molecule has 0 aliphatic carbocycles. The predicted molar refractivity (Wildman–Crippen MR) is 92.3 cm³/mol. The number of nitrogens with zero attached hydrogens (tertiary/aromatic N) is 4. The molecule has 0 saturated carbocycles. The molecule has 0 radical (unpaired) electrons. The molecule has 4 rings (SSSR count). The van der Waals surface area contributed by atoms with Crippen LogP contribution in [0.2, 0.25) is 0 Å². The summed E-state index contributed by atoms with van der Waals surface area (Å²) in [6.07, 6.45) is -2.58. The van der Waals surface area contributed by atoms with E-state index in [1.54, 1.807) is 18.2 Å². The van der Waals surface area contributed by atoms with Crippen molar-refractivity contribution >= 4 is 22.4 Å². The lowest BCUT2D eigenvalue weighted by molar-refractivity contribution is -0.141. The minimum absolute atomic E-state index is 0.0158. The number of aryl methyl sites for hydroxylation is 1. The Morgan fingerprint density at radius 1 is 1.26 bits per heavy atom. The lowest BCUT2D eigenvalue weighted by atomic mass is 10.2. The molecule has 0 bridgehead atoms. The number of halogens is 3. The fourth-order valence-electron chi connectivity index (χ4n) is 2.62. The summed E-state index contributed by atoms with van der Waals surface area (Å²) in [6.45, 7) is 2.41. The molecule has 1 aromatic carbocycles. The fourth-order valence-corrected chi connectivity index (χ4v) is 3.22. The Morgan fingerprint density at radius 3 is 2.85 bits per heavy atom. The average molecular weight is 397 g/mol. The molecule has 0 spiro atoms. The SMILES string of the molecule is CCCn1cc(-c2nsc(Nc3ccc4c(c3)OCO4)n2)c(C(F)(F)F)n1. The van der Waals surface area contributed by atoms with Gasteiger partial charge in [0.05, 0.1) is 5.56 Å². The van der Waals surface area contributed by atoms with Gasteiger partial charge in [-0.1, -0.05) is 6.92 Å². The van der Waals surface area contributed by atoms with Crippen LogP contribution in [0.3, 0.4) is 0 Å². The van der Waals surface area contributed by atoms with Crippen LogP contribution in [0.1, 0.15) is 19.0 Å². The first kappa shape index (κ1) is 17.6. The number of rotatable bonds is 5. The third-order valence-electron chi connectivity index (χ3n) is 3.77. The summed E-state index contributed by atoms with van der Waals surface area (Å²) >= 11 is 0.966. The van der Waals surface area contributed by atoms with Gasteiger partial charge in [-0.05, 0) is 18.6 Å². The molecule has 3 aromatic rings. The van der Waals surface area contributed by atoms with E-state index in [0.717, 1.165) is 11.5 Å². The number of anilines is 2. The zero-order valence-corrected chi connectivity index (χ0v) is 14.9. The van der Waals surface area contributed by atoms with Gasteiger partial charge in [0.1, 0.15) is 0 Å². The molecule has 7 nitrogen and oxygen atoms in total. The van der Waals surface area contributed by atoms with Gasteiger partial charge in [0.15, 0.2) is 23.0 Å². The average Bonchev–Trinajstić information content (AvgIpc) is 3.32. The van der Waals surface area contributed by atoms with Crippen molar-refractivity contribution in [3.63, 3.8) is 0 Å². The minimum Gasteiger partial charge on any atom is -0.454 e. The summed E-state index contributed by atoms with van der Waals surface area (Å²) in [5.74, 6) is 1.21. The zero-order valence-electron chi connectivity index (χ0n) is 14.1. The Bertz CT molecular complexity index is 969. The van der Waals surface area contributed by atoms with Crippen LogP contribution in [0.4, 0.5) is 24.0 Å². The first-order valence-electron chi connectivity index (χ1n) is 8.09. The van der Waals surface area contributed by atoms with Crippen LogP contribution < -0.4 is 14.8 Å². The smallest absolute Gasteiger partial charge is 0.435 e. The van der Waals surface area contributed by atoms with Gasteiger partial charge < -0.3 is 14.8 Å². The van der Waals surface area contributed by atoms with Gasteiger partial charge in [-0.2, -0.15) is 27.6 Å². The quantitative estimate of drug-likeness (QED) is 0.692. The van der Waals surface area contributed by atoms with Crippen molar-refractivity contribution in [3.05, 3.63) is 30.1 Å². The molecule has 11 heteroatoms. The molecule has 27 heavy (non-hydrogen) atoms. The molecule has 0 atom stereocenters. The summed E-state index contributed by atoms with van der Waals surface area (Å²) in [7, 11) is 0. The van der Waals surface area contributed by atoms with Crippen molar-refractivity contribution in [2.75, 3.05) is 12.1 Å². The maximum absolute atomic E-state index is 13.3. The summed E-state index contributed by atoms with van der Waals surface area (Å²) in [4.78, 5) is 4.19. The Labute approximate surface area is 155 Å². The molecular weight excluding hydrogens is 383 g/mol. The van der Waals surface area contributed by atoms with Gasteiger partial charge in [0, 0.05) is 36.0 Å². The number of benzene rings is 1. The maximum atomic E-state index is 13.3. The van der Waals surface area contributed by atoms with E-state index in [0.29, 0.717) is 35.3 Å². The largest absolute Gasteiger partial charge is 0.454 e. The van der Waals surface area contributed by atoms with Crippen molar-refractivity contribution in [2.24, 2.45) is 0 Å². The van der Waals surface area contributed by atoms with Gasteiger partial charge in [-0.25, -0.2) is 0 Å². The van der Waals surface area contributed by atoms with E-state index in [9.17, 15) is 13.2 Å². The van der Waals surface area contributed by atoms with E-state index in [1.165, 1.54) is 10.9 Å². The number of ether oxygens (including phenoxy) is 2. The first-order chi connectivity index (χ1) is 12.9. The van der Waals surface area contributed by atoms with Gasteiger partial charge in [-0.3, -0.25) is 4.68 Å². The second-order valence-corrected chi connectivity index (χ2v) is 6.52. The van der Waals surface area contributed by atoms with Gasteiger partial charge in [0.2, 0.25) is 11.9 Å². The number of hydrogen-bond donors (Lipinski definition) is 1. The number of fused-ring (bicyclic) bond motifs is 1. The van der Waals surface area contributed by atoms with Crippen LogP contribution in [0, 0.1) is 0 Å². The first-order valence-corrected chi connectivity index (χ1v) is 8.87. The van der Waals surface area contributed by atoms with Crippen molar-refractivity contribution in [3.8, 4) is 22.9 Å². The number of alkyl halides is 3. The Kier molecular flexibility index (Phi) is 4.38. The third kappa shape index (κ3) is 3.54. The molecule has 1 aliphatic rings. The van der Waals surface area contributed by atoms with E-state index in [-0.39, 0.29) is 18.2 Å². The summed E-state index contributed by atoms with van der Waals surface area (Å²) in [5.41, 5.74) is -0.450. The molecule has 3 heterocycles. The van der Waals surface area contributed by atoms with Crippen LogP contribution in [0.15, 0.2) is 24.4 Å². The van der Waals surface area contributed by atoms with E-state index < -0.39 is 11.9 Å². The van der Waals surface area contributed by atoms with Crippen LogP contribution in [-0.2, 0) is 12.7 Å². The molecule has 1 aliphatic heterocycles. The topological polar surface area (TPSA) is 74.1 Å². The van der Waals surface area contributed by atoms with Crippen molar-refractivity contribution in [2.45, 2.75) is 26.1 Å². The molecule has 0 amide bonds. The standard InChI is InChI=1S/C16H14F3N5O2S/c1-2-5-24-7-10(13(22-24)16(17,18)19)14-21-15(27-23-14)20-9-3-4-11-12(6-9)26-8-25-11/h3-4,6-7H,2,5,8H2,1H3,(H,20,21,23). The van der Waals surface area contributed by atoms with Crippen LogP contribution in [0.5, 0.6) is 11.5 Å². The fraction of sp³-hybridized carbons (Fsp3) is 0.312.